The second-order valence-corrected chi connectivity index (χ2v) is 6.23. The molecule has 1 heterocycles. The SMILES string of the molecule is CC1CCCC(n2cnc(CNC3CC3)c2)CC1. The predicted molar refractivity (Wildman–Crippen MR) is 73.4 cm³/mol. The van der Waals surface area contributed by atoms with Crippen LogP contribution in [0.1, 0.15) is 63.6 Å². The standard InChI is InChI=1S/C15H25N3/c1-12-3-2-4-15(8-5-12)18-10-14(17-11-18)9-16-13-6-7-13/h10-13,15-16H,2-9H2,1H3. The van der Waals surface area contributed by atoms with E-state index in [-0.39, 0.29) is 0 Å². The topological polar surface area (TPSA) is 29.9 Å². The van der Waals surface area contributed by atoms with Gasteiger partial charge in [-0.05, 0) is 38.0 Å². The summed E-state index contributed by atoms with van der Waals surface area (Å²) in [7, 11) is 0. The Morgan fingerprint density at radius 1 is 1.22 bits per heavy atom. The van der Waals surface area contributed by atoms with Crippen LogP contribution in [0, 0.1) is 5.92 Å². The molecule has 1 aromatic rings. The minimum absolute atomic E-state index is 0.692. The van der Waals surface area contributed by atoms with Gasteiger partial charge in [-0.2, -0.15) is 0 Å². The van der Waals surface area contributed by atoms with Gasteiger partial charge in [-0.25, -0.2) is 4.98 Å². The maximum absolute atomic E-state index is 4.54. The third-order valence-corrected chi connectivity index (χ3v) is 4.45. The Balaban J connectivity index is 1.57. The van der Waals surface area contributed by atoms with Gasteiger partial charge in [0.05, 0.1) is 12.0 Å². The minimum atomic E-state index is 0.692. The van der Waals surface area contributed by atoms with Crippen molar-refractivity contribution in [1.82, 2.24) is 14.9 Å². The normalized spacial score (nSPS) is 29.2. The van der Waals surface area contributed by atoms with E-state index >= 15 is 0 Å². The van der Waals surface area contributed by atoms with Gasteiger partial charge in [-0.15, -0.1) is 0 Å². The second-order valence-electron chi connectivity index (χ2n) is 6.23. The van der Waals surface area contributed by atoms with Gasteiger partial charge in [0.2, 0.25) is 0 Å². The fraction of sp³-hybridized carbons (Fsp3) is 0.800. The molecule has 0 radical (unpaired) electrons. The first-order valence-corrected chi connectivity index (χ1v) is 7.57. The molecule has 0 amide bonds. The van der Waals surface area contributed by atoms with E-state index in [0.717, 1.165) is 18.5 Å². The number of imidazole rings is 1. The highest BCUT2D eigenvalue weighted by atomic mass is 15.1. The molecule has 3 heteroatoms. The number of nitrogens with one attached hydrogen (secondary N) is 1. The molecule has 2 aliphatic rings. The fourth-order valence-corrected chi connectivity index (χ4v) is 2.97. The van der Waals surface area contributed by atoms with Crippen molar-refractivity contribution in [1.29, 1.82) is 0 Å². The molecule has 0 aromatic carbocycles. The van der Waals surface area contributed by atoms with E-state index in [2.05, 4.69) is 28.0 Å². The van der Waals surface area contributed by atoms with Crippen LogP contribution in [0.15, 0.2) is 12.5 Å². The highest BCUT2D eigenvalue weighted by molar-refractivity contribution is 4.99. The first-order valence-electron chi connectivity index (χ1n) is 7.57. The van der Waals surface area contributed by atoms with Crippen molar-refractivity contribution < 1.29 is 0 Å². The minimum Gasteiger partial charge on any atom is -0.334 e. The number of hydrogen-bond acceptors (Lipinski definition) is 2. The van der Waals surface area contributed by atoms with E-state index in [1.165, 1.54) is 50.6 Å². The van der Waals surface area contributed by atoms with Crippen molar-refractivity contribution in [3.63, 3.8) is 0 Å². The Morgan fingerprint density at radius 2 is 2.11 bits per heavy atom. The fourth-order valence-electron chi connectivity index (χ4n) is 2.97. The Labute approximate surface area is 110 Å². The van der Waals surface area contributed by atoms with Gasteiger partial charge in [0, 0.05) is 24.8 Å². The molecular formula is C15H25N3. The van der Waals surface area contributed by atoms with Crippen LogP contribution in [-0.4, -0.2) is 15.6 Å². The van der Waals surface area contributed by atoms with E-state index in [1.54, 1.807) is 0 Å². The smallest absolute Gasteiger partial charge is 0.0952 e. The monoisotopic (exact) mass is 247 g/mol. The van der Waals surface area contributed by atoms with Crippen LogP contribution in [0.25, 0.3) is 0 Å². The molecule has 0 bridgehead atoms. The summed E-state index contributed by atoms with van der Waals surface area (Å²) in [6, 6.07) is 1.46. The van der Waals surface area contributed by atoms with Gasteiger partial charge in [-0.1, -0.05) is 19.8 Å². The highest BCUT2D eigenvalue weighted by Crippen LogP contribution is 2.30. The summed E-state index contributed by atoms with van der Waals surface area (Å²) in [6.07, 6.45) is 13.8. The van der Waals surface area contributed by atoms with E-state index in [9.17, 15) is 0 Å². The summed E-state index contributed by atoms with van der Waals surface area (Å²) in [4.78, 5) is 4.54. The van der Waals surface area contributed by atoms with Crippen LogP contribution >= 0.6 is 0 Å². The molecule has 18 heavy (non-hydrogen) atoms. The summed E-state index contributed by atoms with van der Waals surface area (Å²) >= 11 is 0. The summed E-state index contributed by atoms with van der Waals surface area (Å²) in [5, 5.41) is 3.53. The molecule has 2 aliphatic carbocycles. The highest BCUT2D eigenvalue weighted by Gasteiger charge is 2.21. The van der Waals surface area contributed by atoms with E-state index in [4.69, 9.17) is 0 Å². The molecule has 3 rings (SSSR count). The molecule has 0 spiro atoms. The Hall–Kier alpha value is -0.830. The lowest BCUT2D eigenvalue weighted by molar-refractivity contribution is 0.432. The molecule has 0 aliphatic heterocycles. The van der Waals surface area contributed by atoms with Gasteiger partial charge in [0.25, 0.3) is 0 Å². The quantitative estimate of drug-likeness (QED) is 0.828. The molecule has 1 N–H and O–H groups in total. The van der Waals surface area contributed by atoms with Crippen molar-refractivity contribution in [3.8, 4) is 0 Å². The third kappa shape index (κ3) is 3.14. The van der Waals surface area contributed by atoms with E-state index < -0.39 is 0 Å². The summed E-state index contributed by atoms with van der Waals surface area (Å²) in [5.74, 6) is 0.912. The van der Waals surface area contributed by atoms with Crippen LogP contribution in [0.5, 0.6) is 0 Å². The zero-order valence-electron chi connectivity index (χ0n) is 11.4. The molecule has 2 atom stereocenters. The van der Waals surface area contributed by atoms with Crippen molar-refractivity contribution >= 4 is 0 Å². The lowest BCUT2D eigenvalue weighted by Gasteiger charge is -2.15. The molecule has 2 saturated carbocycles. The third-order valence-electron chi connectivity index (χ3n) is 4.45. The molecule has 100 valence electrons. The van der Waals surface area contributed by atoms with Crippen molar-refractivity contribution in [2.45, 2.75) is 70.5 Å². The van der Waals surface area contributed by atoms with Gasteiger partial charge in [0.15, 0.2) is 0 Å². The number of nitrogens with zero attached hydrogens (tertiary/aromatic N) is 2. The number of aromatic nitrogens is 2. The average molecular weight is 247 g/mol. The zero-order chi connectivity index (χ0) is 12.4. The van der Waals surface area contributed by atoms with Gasteiger partial charge in [-0.3, -0.25) is 0 Å². The van der Waals surface area contributed by atoms with E-state index in [1.807, 2.05) is 6.33 Å². The van der Waals surface area contributed by atoms with Crippen molar-refractivity contribution in [3.05, 3.63) is 18.2 Å². The number of hydrogen-bond donors (Lipinski definition) is 1. The van der Waals surface area contributed by atoms with Crippen molar-refractivity contribution in [2.24, 2.45) is 5.92 Å². The lowest BCUT2D eigenvalue weighted by atomic mass is 10.0. The maximum Gasteiger partial charge on any atom is 0.0952 e. The van der Waals surface area contributed by atoms with Gasteiger partial charge < -0.3 is 9.88 Å². The van der Waals surface area contributed by atoms with Crippen LogP contribution in [0.2, 0.25) is 0 Å². The molecular weight excluding hydrogens is 222 g/mol. The Kier molecular flexibility index (Phi) is 3.69. The predicted octanol–water partition coefficient (Wildman–Crippen LogP) is 3.28. The molecule has 1 aromatic heterocycles. The maximum atomic E-state index is 4.54. The summed E-state index contributed by atoms with van der Waals surface area (Å²) < 4.78 is 2.36. The van der Waals surface area contributed by atoms with E-state index in [0.29, 0.717) is 6.04 Å². The second kappa shape index (κ2) is 5.43. The van der Waals surface area contributed by atoms with Gasteiger partial charge >= 0.3 is 0 Å². The molecule has 0 saturated heterocycles. The lowest BCUT2D eigenvalue weighted by Crippen LogP contribution is -2.15. The molecule has 2 unspecified atom stereocenters. The molecule has 3 nitrogen and oxygen atoms in total. The van der Waals surface area contributed by atoms with Gasteiger partial charge in [0.1, 0.15) is 0 Å². The largest absolute Gasteiger partial charge is 0.334 e. The van der Waals surface area contributed by atoms with Crippen LogP contribution < -0.4 is 5.32 Å². The Bertz CT molecular complexity index is 381. The van der Waals surface area contributed by atoms with Crippen molar-refractivity contribution in [2.75, 3.05) is 0 Å². The molecule has 2 fully saturated rings. The first kappa shape index (κ1) is 12.2. The summed E-state index contributed by atoms with van der Waals surface area (Å²) in [5.41, 5.74) is 1.21. The average Bonchev–Trinajstić information content (AvgIpc) is 3.12. The number of rotatable bonds is 4. The summed E-state index contributed by atoms with van der Waals surface area (Å²) in [6.45, 7) is 3.34. The van der Waals surface area contributed by atoms with Crippen LogP contribution in [-0.2, 0) is 6.54 Å². The van der Waals surface area contributed by atoms with Crippen LogP contribution in [0.3, 0.4) is 0 Å². The zero-order valence-corrected chi connectivity index (χ0v) is 11.4. The first-order chi connectivity index (χ1) is 8.81. The van der Waals surface area contributed by atoms with Crippen LogP contribution in [0.4, 0.5) is 0 Å². The Morgan fingerprint density at radius 3 is 2.94 bits per heavy atom.